The number of nitrogens with one attached hydrogen (secondary N) is 1. The summed E-state index contributed by atoms with van der Waals surface area (Å²) in [5.41, 5.74) is -0.508. The van der Waals surface area contributed by atoms with Crippen LogP contribution >= 0.6 is 0 Å². The number of hydrogen-bond donors (Lipinski definition) is 3. The molecule has 0 bridgehead atoms. The molecule has 5 nitrogen and oxygen atoms in total. The summed E-state index contributed by atoms with van der Waals surface area (Å²) in [6, 6.07) is 0. The van der Waals surface area contributed by atoms with Gasteiger partial charge in [0.05, 0.1) is 6.42 Å². The first-order valence-electron chi connectivity index (χ1n) is 7.88. The van der Waals surface area contributed by atoms with E-state index in [1.165, 1.54) is 0 Å². The molecule has 0 aromatic carbocycles. The van der Waals surface area contributed by atoms with Crippen LogP contribution in [0.15, 0.2) is 0 Å². The van der Waals surface area contributed by atoms with Crippen molar-refractivity contribution >= 4 is 11.9 Å². The summed E-state index contributed by atoms with van der Waals surface area (Å²) in [5.74, 6) is -0.880. The van der Waals surface area contributed by atoms with Crippen LogP contribution in [0.4, 0.5) is 0 Å². The molecule has 1 amide bonds. The second kappa shape index (κ2) is 7.78. The summed E-state index contributed by atoms with van der Waals surface area (Å²) >= 11 is 0. The van der Waals surface area contributed by atoms with Crippen molar-refractivity contribution in [2.24, 2.45) is 10.8 Å². The molecule has 5 heteroatoms. The van der Waals surface area contributed by atoms with Crippen LogP contribution < -0.4 is 5.32 Å². The Morgan fingerprint density at radius 1 is 1.14 bits per heavy atom. The first-order chi connectivity index (χ1) is 9.79. The Kier molecular flexibility index (Phi) is 6.65. The number of hydrogen-bond acceptors (Lipinski definition) is 3. The Bertz CT molecular complexity index is 359. The third-order valence-corrected chi connectivity index (χ3v) is 4.53. The fourth-order valence-electron chi connectivity index (χ4n) is 3.17. The number of aliphatic hydroxyl groups excluding tert-OH is 1. The van der Waals surface area contributed by atoms with E-state index in [0.29, 0.717) is 19.4 Å². The predicted molar refractivity (Wildman–Crippen MR) is 80.9 cm³/mol. The van der Waals surface area contributed by atoms with Gasteiger partial charge in [-0.2, -0.15) is 0 Å². The molecule has 0 radical (unpaired) electrons. The fraction of sp³-hybridized carbons (Fsp3) is 0.875. The lowest BCUT2D eigenvalue weighted by atomic mass is 9.69. The van der Waals surface area contributed by atoms with Gasteiger partial charge in [0, 0.05) is 19.6 Å². The van der Waals surface area contributed by atoms with Crippen LogP contribution in [0.5, 0.6) is 0 Å². The van der Waals surface area contributed by atoms with Crippen LogP contribution in [0.1, 0.15) is 65.2 Å². The van der Waals surface area contributed by atoms with Gasteiger partial charge in [-0.1, -0.05) is 33.1 Å². The van der Waals surface area contributed by atoms with Crippen molar-refractivity contribution in [1.82, 2.24) is 5.32 Å². The van der Waals surface area contributed by atoms with Crippen molar-refractivity contribution in [1.29, 1.82) is 0 Å². The number of rotatable bonds is 8. The molecule has 3 N–H and O–H groups in total. The number of carboxylic acids is 1. The van der Waals surface area contributed by atoms with E-state index in [4.69, 9.17) is 10.2 Å². The number of carboxylic acid groups (broad SMARTS) is 1. The normalized spacial score (nSPS) is 18.2. The van der Waals surface area contributed by atoms with E-state index in [-0.39, 0.29) is 29.8 Å². The van der Waals surface area contributed by atoms with Crippen molar-refractivity contribution in [2.45, 2.75) is 65.2 Å². The second-order valence-corrected chi connectivity index (χ2v) is 7.22. The molecule has 1 saturated carbocycles. The maximum atomic E-state index is 12.2. The van der Waals surface area contributed by atoms with E-state index in [0.717, 1.165) is 32.1 Å². The lowest BCUT2D eigenvalue weighted by Gasteiger charge is -2.36. The van der Waals surface area contributed by atoms with E-state index >= 15 is 0 Å². The lowest BCUT2D eigenvalue weighted by molar-refractivity contribution is -0.141. The highest BCUT2D eigenvalue weighted by molar-refractivity contribution is 5.78. The van der Waals surface area contributed by atoms with Crippen LogP contribution in [0, 0.1) is 10.8 Å². The van der Waals surface area contributed by atoms with Gasteiger partial charge >= 0.3 is 5.97 Å². The topological polar surface area (TPSA) is 86.6 Å². The number of amides is 1. The third kappa shape index (κ3) is 6.46. The van der Waals surface area contributed by atoms with Crippen LogP contribution in [-0.2, 0) is 9.59 Å². The first-order valence-corrected chi connectivity index (χ1v) is 7.88. The van der Waals surface area contributed by atoms with Gasteiger partial charge in [0.2, 0.25) is 5.91 Å². The molecular formula is C16H29NO4. The average Bonchev–Trinajstić information content (AvgIpc) is 2.36. The molecule has 0 aliphatic heterocycles. The van der Waals surface area contributed by atoms with Crippen molar-refractivity contribution in [3.8, 4) is 0 Å². The Labute approximate surface area is 127 Å². The number of aliphatic hydroxyl groups is 1. The zero-order chi connectivity index (χ0) is 15.9. The summed E-state index contributed by atoms with van der Waals surface area (Å²) in [4.78, 5) is 23.3. The van der Waals surface area contributed by atoms with Gasteiger partial charge in [0.1, 0.15) is 0 Å². The van der Waals surface area contributed by atoms with Crippen LogP contribution in [-0.4, -0.2) is 35.2 Å². The zero-order valence-corrected chi connectivity index (χ0v) is 13.3. The number of aliphatic carboxylic acids is 1. The summed E-state index contributed by atoms with van der Waals surface area (Å²) < 4.78 is 0. The van der Waals surface area contributed by atoms with Gasteiger partial charge in [0.15, 0.2) is 0 Å². The molecule has 0 atom stereocenters. The summed E-state index contributed by atoms with van der Waals surface area (Å²) in [5, 5.41) is 21.0. The molecule has 1 aliphatic rings. The molecule has 0 spiro atoms. The maximum absolute atomic E-state index is 12.2. The molecule has 122 valence electrons. The van der Waals surface area contributed by atoms with E-state index < -0.39 is 5.97 Å². The Morgan fingerprint density at radius 2 is 1.76 bits per heavy atom. The molecule has 1 rings (SSSR count). The van der Waals surface area contributed by atoms with E-state index in [9.17, 15) is 9.59 Å². The summed E-state index contributed by atoms with van der Waals surface area (Å²) in [6.45, 7) is 4.61. The minimum Gasteiger partial charge on any atom is -0.481 e. The van der Waals surface area contributed by atoms with Crippen molar-refractivity contribution in [3.05, 3.63) is 0 Å². The molecule has 1 fully saturated rings. The molecule has 0 aromatic heterocycles. The van der Waals surface area contributed by atoms with E-state index in [1.807, 2.05) is 13.8 Å². The highest BCUT2D eigenvalue weighted by Crippen LogP contribution is 2.42. The summed E-state index contributed by atoms with van der Waals surface area (Å²) in [6.07, 6.45) is 5.82. The second-order valence-electron chi connectivity index (χ2n) is 7.22. The molecule has 0 aromatic rings. The lowest BCUT2D eigenvalue weighted by Crippen LogP contribution is -2.39. The minimum atomic E-state index is -0.815. The van der Waals surface area contributed by atoms with Gasteiger partial charge in [-0.15, -0.1) is 0 Å². The van der Waals surface area contributed by atoms with Gasteiger partial charge in [-0.05, 0) is 30.1 Å². The monoisotopic (exact) mass is 299 g/mol. The largest absolute Gasteiger partial charge is 0.481 e. The molecule has 21 heavy (non-hydrogen) atoms. The quantitative estimate of drug-likeness (QED) is 0.642. The summed E-state index contributed by atoms with van der Waals surface area (Å²) in [7, 11) is 0. The maximum Gasteiger partial charge on any atom is 0.303 e. The third-order valence-electron chi connectivity index (χ3n) is 4.53. The van der Waals surface area contributed by atoms with Crippen molar-refractivity contribution in [2.75, 3.05) is 13.2 Å². The first kappa shape index (κ1) is 18.0. The van der Waals surface area contributed by atoms with Crippen LogP contribution in [0.3, 0.4) is 0 Å². The van der Waals surface area contributed by atoms with Gasteiger partial charge in [-0.3, -0.25) is 9.59 Å². The van der Waals surface area contributed by atoms with Crippen molar-refractivity contribution in [3.63, 3.8) is 0 Å². The molecule has 0 saturated heterocycles. The number of carbonyl (C=O) groups excluding carboxylic acids is 1. The zero-order valence-electron chi connectivity index (χ0n) is 13.3. The Balaban J connectivity index is 2.54. The molecule has 1 aliphatic carbocycles. The van der Waals surface area contributed by atoms with Gasteiger partial charge in [0.25, 0.3) is 0 Å². The Morgan fingerprint density at radius 3 is 2.29 bits per heavy atom. The van der Waals surface area contributed by atoms with Crippen molar-refractivity contribution < 1.29 is 19.8 Å². The SMILES string of the molecule is CC(C)(CCO)CNC(=O)CC1(CC(=O)O)CCCCC1. The standard InChI is InChI=1S/C16H29NO4/c1-15(2,8-9-18)12-17-13(19)10-16(11-14(20)21)6-4-3-5-7-16/h18H,3-12H2,1-2H3,(H,17,19)(H,20,21). The Hall–Kier alpha value is -1.10. The van der Waals surface area contributed by atoms with Crippen LogP contribution in [0.25, 0.3) is 0 Å². The minimum absolute atomic E-state index is 0.0656. The molecule has 0 heterocycles. The number of carbonyl (C=O) groups is 2. The molecule has 0 unspecified atom stereocenters. The van der Waals surface area contributed by atoms with E-state index in [2.05, 4.69) is 5.32 Å². The fourth-order valence-corrected chi connectivity index (χ4v) is 3.17. The smallest absolute Gasteiger partial charge is 0.303 e. The molecular weight excluding hydrogens is 270 g/mol. The average molecular weight is 299 g/mol. The van der Waals surface area contributed by atoms with Gasteiger partial charge < -0.3 is 15.5 Å². The van der Waals surface area contributed by atoms with Crippen LogP contribution in [0.2, 0.25) is 0 Å². The van der Waals surface area contributed by atoms with E-state index in [1.54, 1.807) is 0 Å². The highest BCUT2D eigenvalue weighted by Gasteiger charge is 2.36. The predicted octanol–water partition coefficient (Wildman–Crippen LogP) is 2.33. The van der Waals surface area contributed by atoms with Gasteiger partial charge in [-0.25, -0.2) is 0 Å². The highest BCUT2D eigenvalue weighted by atomic mass is 16.4.